The number of esters is 1. The van der Waals surface area contributed by atoms with Crippen LogP contribution in [0, 0.1) is 5.92 Å². The lowest BCUT2D eigenvalue weighted by molar-refractivity contribution is -0.154. The van der Waals surface area contributed by atoms with E-state index in [-0.39, 0.29) is 36.0 Å². The van der Waals surface area contributed by atoms with Crippen LogP contribution in [0.2, 0.25) is 0 Å². The van der Waals surface area contributed by atoms with E-state index in [1.807, 2.05) is 51.1 Å². The molecule has 1 aliphatic rings. The Bertz CT molecular complexity index is 652. The lowest BCUT2D eigenvalue weighted by atomic mass is 9.97. The van der Waals surface area contributed by atoms with Gasteiger partial charge in [0.25, 0.3) is 5.91 Å². The van der Waals surface area contributed by atoms with E-state index in [9.17, 15) is 14.4 Å². The summed E-state index contributed by atoms with van der Waals surface area (Å²) in [7, 11) is 0. The highest BCUT2D eigenvalue weighted by Gasteiger charge is 2.29. The van der Waals surface area contributed by atoms with Gasteiger partial charge in [0.1, 0.15) is 0 Å². The van der Waals surface area contributed by atoms with Crippen molar-refractivity contribution in [1.29, 1.82) is 0 Å². The Labute approximate surface area is 160 Å². The van der Waals surface area contributed by atoms with Gasteiger partial charge in [0, 0.05) is 24.3 Å². The van der Waals surface area contributed by atoms with Crippen LogP contribution in [0.5, 0.6) is 0 Å². The van der Waals surface area contributed by atoms with Crippen molar-refractivity contribution in [1.82, 2.24) is 10.2 Å². The first kappa shape index (κ1) is 20.7. The summed E-state index contributed by atoms with van der Waals surface area (Å²) in [6.07, 6.45) is 1.85. The molecule has 1 fully saturated rings. The Morgan fingerprint density at radius 1 is 1.15 bits per heavy atom. The number of nitrogens with zero attached hydrogens (tertiary/aromatic N) is 1. The first-order valence-electron chi connectivity index (χ1n) is 9.39. The van der Waals surface area contributed by atoms with E-state index in [0.29, 0.717) is 25.9 Å². The molecule has 7 heteroatoms. The molecule has 0 bridgehead atoms. The normalized spacial score (nSPS) is 15.1. The SMILES string of the molecule is CCC(C)(C)NC(=O)COC(=O)C1CCN(C(=O)Nc2ccccc2)CC1. The molecule has 3 amide bonds. The van der Waals surface area contributed by atoms with Crippen LogP contribution in [0.25, 0.3) is 0 Å². The maximum Gasteiger partial charge on any atom is 0.321 e. The fraction of sp³-hybridized carbons (Fsp3) is 0.550. The number of piperidine rings is 1. The molecule has 0 radical (unpaired) electrons. The summed E-state index contributed by atoms with van der Waals surface area (Å²) in [6, 6.07) is 9.08. The van der Waals surface area contributed by atoms with Gasteiger partial charge in [-0.3, -0.25) is 9.59 Å². The smallest absolute Gasteiger partial charge is 0.321 e. The number of hydrogen-bond acceptors (Lipinski definition) is 4. The Hall–Kier alpha value is -2.57. The van der Waals surface area contributed by atoms with Crippen molar-refractivity contribution in [3.63, 3.8) is 0 Å². The number of carbonyl (C=O) groups excluding carboxylic acids is 3. The molecule has 1 aromatic carbocycles. The number of para-hydroxylation sites is 1. The van der Waals surface area contributed by atoms with Gasteiger partial charge < -0.3 is 20.3 Å². The summed E-state index contributed by atoms with van der Waals surface area (Å²) in [5.74, 6) is -0.949. The molecule has 27 heavy (non-hydrogen) atoms. The highest BCUT2D eigenvalue weighted by molar-refractivity contribution is 5.89. The van der Waals surface area contributed by atoms with E-state index >= 15 is 0 Å². The zero-order valence-electron chi connectivity index (χ0n) is 16.3. The third kappa shape index (κ3) is 6.58. The summed E-state index contributed by atoms with van der Waals surface area (Å²) in [5, 5.41) is 5.67. The van der Waals surface area contributed by atoms with Crippen molar-refractivity contribution in [2.75, 3.05) is 25.0 Å². The van der Waals surface area contributed by atoms with Gasteiger partial charge in [0.2, 0.25) is 0 Å². The average molecular weight is 375 g/mol. The van der Waals surface area contributed by atoms with Crippen LogP contribution in [0.4, 0.5) is 10.5 Å². The molecular weight excluding hydrogens is 346 g/mol. The van der Waals surface area contributed by atoms with Crippen LogP contribution in [-0.2, 0) is 14.3 Å². The number of hydrogen-bond donors (Lipinski definition) is 2. The number of carbonyl (C=O) groups is 3. The number of anilines is 1. The van der Waals surface area contributed by atoms with Gasteiger partial charge in [-0.15, -0.1) is 0 Å². The fourth-order valence-corrected chi connectivity index (χ4v) is 2.80. The summed E-state index contributed by atoms with van der Waals surface area (Å²) in [4.78, 5) is 38.0. The number of urea groups is 1. The number of likely N-dealkylation sites (tertiary alicyclic amines) is 1. The van der Waals surface area contributed by atoms with Gasteiger partial charge in [-0.05, 0) is 45.2 Å². The molecule has 0 unspecified atom stereocenters. The quantitative estimate of drug-likeness (QED) is 0.749. The van der Waals surface area contributed by atoms with E-state index in [2.05, 4.69) is 10.6 Å². The van der Waals surface area contributed by atoms with Crippen LogP contribution in [0.15, 0.2) is 30.3 Å². The van der Waals surface area contributed by atoms with Gasteiger partial charge in [0.15, 0.2) is 6.61 Å². The average Bonchev–Trinajstić information content (AvgIpc) is 2.66. The Morgan fingerprint density at radius 2 is 1.78 bits per heavy atom. The molecule has 0 spiro atoms. The standard InChI is InChI=1S/C20H29N3O4/c1-4-20(2,3)22-17(24)14-27-18(25)15-10-12-23(13-11-15)19(26)21-16-8-6-5-7-9-16/h5-9,15H,4,10-14H2,1-3H3,(H,21,26)(H,22,24). The van der Waals surface area contributed by atoms with Gasteiger partial charge >= 0.3 is 12.0 Å². The fourth-order valence-electron chi connectivity index (χ4n) is 2.80. The van der Waals surface area contributed by atoms with Gasteiger partial charge in [-0.1, -0.05) is 25.1 Å². The monoisotopic (exact) mass is 375 g/mol. The third-order valence-electron chi connectivity index (χ3n) is 4.85. The van der Waals surface area contributed by atoms with Crippen LogP contribution in [0.3, 0.4) is 0 Å². The number of nitrogens with one attached hydrogen (secondary N) is 2. The zero-order chi connectivity index (χ0) is 19.9. The predicted octanol–water partition coefficient (Wildman–Crippen LogP) is 2.78. The van der Waals surface area contributed by atoms with Crippen molar-refractivity contribution in [3.05, 3.63) is 30.3 Å². The number of rotatable bonds is 6. The third-order valence-corrected chi connectivity index (χ3v) is 4.85. The lowest BCUT2D eigenvalue weighted by Gasteiger charge is -2.31. The first-order chi connectivity index (χ1) is 12.8. The second-order valence-corrected chi connectivity index (χ2v) is 7.45. The van der Waals surface area contributed by atoms with Crippen LogP contribution in [-0.4, -0.2) is 48.0 Å². The van der Waals surface area contributed by atoms with Crippen molar-refractivity contribution in [2.45, 2.75) is 45.6 Å². The summed E-state index contributed by atoms with van der Waals surface area (Å²) >= 11 is 0. The molecule has 0 aromatic heterocycles. The highest BCUT2D eigenvalue weighted by Crippen LogP contribution is 2.19. The second-order valence-electron chi connectivity index (χ2n) is 7.45. The molecule has 1 saturated heterocycles. The van der Waals surface area contributed by atoms with E-state index in [4.69, 9.17) is 4.74 Å². The topological polar surface area (TPSA) is 87.7 Å². The van der Waals surface area contributed by atoms with Crippen LogP contribution >= 0.6 is 0 Å². The highest BCUT2D eigenvalue weighted by atomic mass is 16.5. The molecule has 2 rings (SSSR count). The molecule has 1 aliphatic heterocycles. The van der Waals surface area contributed by atoms with E-state index in [1.54, 1.807) is 4.90 Å². The molecule has 0 aliphatic carbocycles. The number of ether oxygens (including phenoxy) is 1. The van der Waals surface area contributed by atoms with Crippen LogP contribution < -0.4 is 10.6 Å². The van der Waals surface area contributed by atoms with Crippen molar-refractivity contribution in [3.8, 4) is 0 Å². The van der Waals surface area contributed by atoms with E-state index in [1.165, 1.54) is 0 Å². The van der Waals surface area contributed by atoms with Crippen molar-refractivity contribution in [2.24, 2.45) is 5.92 Å². The Balaban J connectivity index is 1.72. The zero-order valence-corrected chi connectivity index (χ0v) is 16.3. The largest absolute Gasteiger partial charge is 0.455 e. The number of amides is 3. The molecule has 148 valence electrons. The van der Waals surface area contributed by atoms with E-state index in [0.717, 1.165) is 12.1 Å². The minimum Gasteiger partial charge on any atom is -0.455 e. The van der Waals surface area contributed by atoms with Gasteiger partial charge in [0.05, 0.1) is 5.92 Å². The summed E-state index contributed by atoms with van der Waals surface area (Å²) < 4.78 is 5.16. The van der Waals surface area contributed by atoms with E-state index < -0.39 is 0 Å². The molecule has 0 saturated carbocycles. The Kier molecular flexibility index (Phi) is 7.21. The number of benzene rings is 1. The first-order valence-corrected chi connectivity index (χ1v) is 9.39. The van der Waals surface area contributed by atoms with Crippen molar-refractivity contribution < 1.29 is 19.1 Å². The minimum atomic E-state index is -0.373. The maximum absolute atomic E-state index is 12.3. The molecule has 2 N–H and O–H groups in total. The lowest BCUT2D eigenvalue weighted by Crippen LogP contribution is -2.45. The predicted molar refractivity (Wildman–Crippen MR) is 103 cm³/mol. The molecular formula is C20H29N3O4. The second kappa shape index (κ2) is 9.39. The van der Waals surface area contributed by atoms with Crippen molar-refractivity contribution >= 4 is 23.6 Å². The summed E-state index contributed by atoms with van der Waals surface area (Å²) in [6.45, 7) is 6.51. The minimum absolute atomic E-state index is 0.172. The molecule has 7 nitrogen and oxygen atoms in total. The van der Waals surface area contributed by atoms with Gasteiger partial charge in [-0.25, -0.2) is 4.79 Å². The summed E-state index contributed by atoms with van der Waals surface area (Å²) in [5.41, 5.74) is 0.422. The molecule has 1 heterocycles. The van der Waals surface area contributed by atoms with Crippen LogP contribution in [0.1, 0.15) is 40.0 Å². The molecule has 1 aromatic rings. The maximum atomic E-state index is 12.3. The molecule has 0 atom stereocenters. The van der Waals surface area contributed by atoms with Gasteiger partial charge in [-0.2, -0.15) is 0 Å². The Morgan fingerprint density at radius 3 is 2.37 bits per heavy atom.